The monoisotopic (exact) mass is 403 g/mol. The van der Waals surface area contributed by atoms with Gasteiger partial charge >= 0.3 is 0 Å². The number of nitrogens with zero attached hydrogens (tertiary/aromatic N) is 2. The van der Waals surface area contributed by atoms with Crippen molar-refractivity contribution in [3.63, 3.8) is 0 Å². The number of aryl methyl sites for hydroxylation is 1. The Balaban J connectivity index is 1.39. The van der Waals surface area contributed by atoms with Gasteiger partial charge in [-0.1, -0.05) is 24.3 Å². The minimum Gasteiger partial charge on any atom is -0.322 e. The molecule has 29 heavy (non-hydrogen) atoms. The maximum absolute atomic E-state index is 12.3. The molecule has 0 spiro atoms. The van der Waals surface area contributed by atoms with E-state index in [1.165, 1.54) is 6.08 Å². The van der Waals surface area contributed by atoms with Gasteiger partial charge in [-0.15, -0.1) is 11.3 Å². The van der Waals surface area contributed by atoms with Crippen LogP contribution in [0.25, 0.3) is 17.3 Å². The van der Waals surface area contributed by atoms with Crippen LogP contribution in [0.3, 0.4) is 0 Å². The normalized spacial score (nSPS) is 14.0. The molecule has 2 heterocycles. The number of amides is 2. The minimum atomic E-state index is -0.199. The molecule has 1 aromatic heterocycles. The van der Waals surface area contributed by atoms with Gasteiger partial charge in [-0.25, -0.2) is 4.98 Å². The molecule has 1 aliphatic rings. The van der Waals surface area contributed by atoms with Crippen LogP contribution in [0.4, 0.5) is 11.4 Å². The Morgan fingerprint density at radius 1 is 1.21 bits per heavy atom. The molecule has 0 bridgehead atoms. The molecule has 4 rings (SSSR count). The standard InChI is InChI=1S/C23H21N3O2S/c1-16-24-21(15-29-16)18-4-2-5-19(14-18)25-22(27)12-9-17-7-10-20(11-8-17)26-13-3-6-23(26)28/h2,4-5,7-12,14-15H,3,6,13H2,1H3,(H,25,27)/b12-9+. The van der Waals surface area contributed by atoms with Crippen LogP contribution in [0.2, 0.25) is 0 Å². The van der Waals surface area contributed by atoms with Crippen molar-refractivity contribution in [2.45, 2.75) is 19.8 Å². The topological polar surface area (TPSA) is 62.3 Å². The Kier molecular flexibility index (Phi) is 5.53. The minimum absolute atomic E-state index is 0.169. The van der Waals surface area contributed by atoms with Gasteiger partial charge in [-0.3, -0.25) is 9.59 Å². The summed E-state index contributed by atoms with van der Waals surface area (Å²) in [6.07, 6.45) is 4.79. The van der Waals surface area contributed by atoms with E-state index in [1.54, 1.807) is 22.3 Å². The van der Waals surface area contributed by atoms with Gasteiger partial charge in [-0.05, 0) is 49.2 Å². The summed E-state index contributed by atoms with van der Waals surface area (Å²) in [5, 5.41) is 5.91. The fourth-order valence-corrected chi connectivity index (χ4v) is 3.92. The van der Waals surface area contributed by atoms with Gasteiger partial charge in [-0.2, -0.15) is 0 Å². The Morgan fingerprint density at radius 3 is 2.72 bits per heavy atom. The number of aromatic nitrogens is 1. The fraction of sp³-hybridized carbons (Fsp3) is 0.174. The van der Waals surface area contributed by atoms with E-state index in [4.69, 9.17) is 0 Å². The largest absolute Gasteiger partial charge is 0.322 e. The van der Waals surface area contributed by atoms with Crippen molar-refractivity contribution in [3.8, 4) is 11.3 Å². The number of nitrogens with one attached hydrogen (secondary N) is 1. The zero-order valence-electron chi connectivity index (χ0n) is 16.1. The third kappa shape index (κ3) is 4.60. The summed E-state index contributed by atoms with van der Waals surface area (Å²) in [6, 6.07) is 15.3. The summed E-state index contributed by atoms with van der Waals surface area (Å²) in [5.41, 5.74) is 4.43. The van der Waals surface area contributed by atoms with Crippen LogP contribution in [0.5, 0.6) is 0 Å². The van der Waals surface area contributed by atoms with Crippen LogP contribution in [-0.4, -0.2) is 23.3 Å². The second-order valence-electron chi connectivity index (χ2n) is 6.90. The number of rotatable bonds is 5. The number of anilines is 2. The first-order valence-electron chi connectivity index (χ1n) is 9.50. The number of thiazole rings is 1. The van der Waals surface area contributed by atoms with E-state index in [9.17, 15) is 9.59 Å². The predicted octanol–water partition coefficient (Wildman–Crippen LogP) is 4.90. The second kappa shape index (κ2) is 8.41. The molecule has 3 aromatic rings. The van der Waals surface area contributed by atoms with E-state index in [1.807, 2.05) is 60.8 Å². The van der Waals surface area contributed by atoms with E-state index in [2.05, 4.69) is 10.3 Å². The van der Waals surface area contributed by atoms with Gasteiger partial charge in [0.1, 0.15) is 0 Å². The molecule has 2 amide bonds. The molecule has 1 saturated heterocycles. The first kappa shape index (κ1) is 19.1. The third-order valence-corrected chi connectivity index (χ3v) is 5.52. The molecule has 6 heteroatoms. The average Bonchev–Trinajstić information content (AvgIpc) is 3.35. The maximum Gasteiger partial charge on any atom is 0.248 e. The van der Waals surface area contributed by atoms with Crippen molar-refractivity contribution in [3.05, 3.63) is 70.6 Å². The molecule has 2 aromatic carbocycles. The van der Waals surface area contributed by atoms with E-state index < -0.39 is 0 Å². The van der Waals surface area contributed by atoms with Crippen LogP contribution in [0, 0.1) is 6.92 Å². The molecular weight excluding hydrogens is 382 g/mol. The van der Waals surface area contributed by atoms with Gasteiger partial charge in [0.05, 0.1) is 10.7 Å². The Labute approximate surface area is 173 Å². The van der Waals surface area contributed by atoms with Crippen LogP contribution in [0.15, 0.2) is 60.0 Å². The lowest BCUT2D eigenvalue weighted by Crippen LogP contribution is -2.23. The van der Waals surface area contributed by atoms with Crippen molar-refractivity contribution in [1.82, 2.24) is 4.98 Å². The van der Waals surface area contributed by atoms with Crippen LogP contribution >= 0.6 is 11.3 Å². The van der Waals surface area contributed by atoms with Crippen molar-refractivity contribution >= 4 is 40.6 Å². The Bertz CT molecular complexity index is 1070. The number of carbonyl (C=O) groups is 2. The van der Waals surface area contributed by atoms with Crippen molar-refractivity contribution in [1.29, 1.82) is 0 Å². The number of carbonyl (C=O) groups excluding carboxylic acids is 2. The van der Waals surface area contributed by atoms with Gasteiger partial charge in [0.2, 0.25) is 11.8 Å². The number of hydrogen-bond acceptors (Lipinski definition) is 4. The lowest BCUT2D eigenvalue weighted by Gasteiger charge is -2.15. The molecule has 1 aliphatic heterocycles. The number of benzene rings is 2. The highest BCUT2D eigenvalue weighted by Crippen LogP contribution is 2.24. The summed E-state index contributed by atoms with van der Waals surface area (Å²) in [7, 11) is 0. The van der Waals surface area contributed by atoms with E-state index in [0.29, 0.717) is 6.42 Å². The third-order valence-electron chi connectivity index (χ3n) is 4.75. The highest BCUT2D eigenvalue weighted by Gasteiger charge is 2.21. The van der Waals surface area contributed by atoms with Gasteiger partial charge in [0, 0.05) is 41.4 Å². The molecule has 0 saturated carbocycles. The van der Waals surface area contributed by atoms with Crippen LogP contribution < -0.4 is 10.2 Å². The quantitative estimate of drug-likeness (QED) is 0.617. The average molecular weight is 404 g/mol. The molecule has 0 atom stereocenters. The highest BCUT2D eigenvalue weighted by molar-refractivity contribution is 7.09. The van der Waals surface area contributed by atoms with Crippen molar-refractivity contribution < 1.29 is 9.59 Å². The first-order chi connectivity index (χ1) is 14.1. The number of hydrogen-bond donors (Lipinski definition) is 1. The van der Waals surface area contributed by atoms with Gasteiger partial charge in [0.15, 0.2) is 0 Å². The maximum atomic E-state index is 12.3. The van der Waals surface area contributed by atoms with Crippen molar-refractivity contribution in [2.24, 2.45) is 0 Å². The molecule has 0 radical (unpaired) electrons. The smallest absolute Gasteiger partial charge is 0.248 e. The summed E-state index contributed by atoms with van der Waals surface area (Å²) in [6.45, 7) is 2.75. The lowest BCUT2D eigenvalue weighted by atomic mass is 10.1. The van der Waals surface area contributed by atoms with Gasteiger partial charge in [0.25, 0.3) is 0 Å². The van der Waals surface area contributed by atoms with Crippen LogP contribution in [-0.2, 0) is 9.59 Å². The molecule has 146 valence electrons. The SMILES string of the molecule is Cc1nc(-c2cccc(NC(=O)/C=C/c3ccc(N4CCCC4=O)cc3)c2)cs1. The zero-order valence-corrected chi connectivity index (χ0v) is 16.9. The van der Waals surface area contributed by atoms with Gasteiger partial charge < -0.3 is 10.2 Å². The lowest BCUT2D eigenvalue weighted by molar-refractivity contribution is -0.117. The summed E-state index contributed by atoms with van der Waals surface area (Å²) >= 11 is 1.60. The fourth-order valence-electron chi connectivity index (χ4n) is 3.29. The Morgan fingerprint density at radius 2 is 2.03 bits per heavy atom. The van der Waals surface area contributed by atoms with E-state index in [-0.39, 0.29) is 11.8 Å². The molecule has 0 unspecified atom stereocenters. The molecular formula is C23H21N3O2S. The molecule has 1 N–H and O–H groups in total. The van der Waals surface area contributed by atoms with E-state index >= 15 is 0 Å². The summed E-state index contributed by atoms with van der Waals surface area (Å²) in [4.78, 5) is 30.4. The second-order valence-corrected chi connectivity index (χ2v) is 7.96. The highest BCUT2D eigenvalue weighted by atomic mass is 32.1. The molecule has 5 nitrogen and oxygen atoms in total. The van der Waals surface area contributed by atoms with E-state index in [0.717, 1.165) is 46.2 Å². The predicted molar refractivity (Wildman–Crippen MR) is 118 cm³/mol. The zero-order chi connectivity index (χ0) is 20.2. The van der Waals surface area contributed by atoms with Crippen LogP contribution in [0.1, 0.15) is 23.4 Å². The summed E-state index contributed by atoms with van der Waals surface area (Å²) in [5.74, 6) is -0.0295. The Hall–Kier alpha value is -3.25. The first-order valence-corrected chi connectivity index (χ1v) is 10.4. The van der Waals surface area contributed by atoms with Crippen molar-refractivity contribution in [2.75, 3.05) is 16.8 Å². The summed E-state index contributed by atoms with van der Waals surface area (Å²) < 4.78 is 0. The molecule has 0 aliphatic carbocycles. The molecule has 1 fully saturated rings.